The van der Waals surface area contributed by atoms with Gasteiger partial charge in [0.05, 0.1) is 0 Å². The highest BCUT2D eigenvalue weighted by atomic mass is 19.1. The number of ether oxygens (including phenoxy) is 1. The summed E-state index contributed by atoms with van der Waals surface area (Å²) in [5, 5.41) is 0. The van der Waals surface area contributed by atoms with E-state index in [4.69, 9.17) is 4.74 Å². The van der Waals surface area contributed by atoms with Gasteiger partial charge in [-0.2, -0.15) is 0 Å². The molecule has 0 bridgehead atoms. The minimum Gasteiger partial charge on any atom is -0.483 e. The molecule has 0 atom stereocenters. The first-order valence-electron chi connectivity index (χ1n) is 5.41. The van der Waals surface area contributed by atoms with Crippen molar-refractivity contribution in [1.82, 2.24) is 0 Å². The van der Waals surface area contributed by atoms with Crippen molar-refractivity contribution in [3.05, 3.63) is 65.0 Å². The van der Waals surface area contributed by atoms with Crippen LogP contribution < -0.4 is 4.74 Å². The molecule has 0 N–H and O–H groups in total. The molecule has 2 rings (SSSR count). The van der Waals surface area contributed by atoms with Crippen molar-refractivity contribution in [1.29, 1.82) is 0 Å². The highest BCUT2D eigenvalue weighted by Gasteiger charge is 2.12. The van der Waals surface area contributed by atoms with Gasteiger partial charge in [0.25, 0.3) is 0 Å². The molecular formula is C14H9F3O2. The Bertz CT molecular complexity index is 588. The van der Waals surface area contributed by atoms with E-state index >= 15 is 0 Å². The van der Waals surface area contributed by atoms with Gasteiger partial charge in [-0.25, -0.2) is 13.2 Å². The molecule has 0 unspecified atom stereocenters. The Morgan fingerprint density at radius 1 is 1.05 bits per heavy atom. The third kappa shape index (κ3) is 3.13. The van der Waals surface area contributed by atoms with E-state index < -0.39 is 23.2 Å². The number of carbonyl (C=O) groups excluding carboxylic acids is 1. The van der Waals surface area contributed by atoms with Crippen LogP contribution in [0, 0.1) is 17.5 Å². The third-order valence-corrected chi connectivity index (χ3v) is 2.43. The fourth-order valence-corrected chi connectivity index (χ4v) is 1.58. The zero-order chi connectivity index (χ0) is 13.8. The van der Waals surface area contributed by atoms with Crippen molar-refractivity contribution >= 4 is 6.29 Å². The van der Waals surface area contributed by atoms with Crippen molar-refractivity contribution < 1.29 is 22.7 Å². The molecule has 0 aliphatic heterocycles. The van der Waals surface area contributed by atoms with E-state index in [1.165, 1.54) is 6.07 Å². The highest BCUT2D eigenvalue weighted by Crippen LogP contribution is 2.23. The van der Waals surface area contributed by atoms with Crippen LogP contribution in [0.5, 0.6) is 5.75 Å². The Morgan fingerprint density at radius 3 is 2.37 bits per heavy atom. The molecule has 0 spiro atoms. The summed E-state index contributed by atoms with van der Waals surface area (Å²) in [5.41, 5.74) is 1.01. The molecule has 0 saturated carbocycles. The van der Waals surface area contributed by atoms with Crippen molar-refractivity contribution in [2.75, 3.05) is 0 Å². The summed E-state index contributed by atoms with van der Waals surface area (Å²) in [5.74, 6) is -3.86. The van der Waals surface area contributed by atoms with Crippen LogP contribution in [0.25, 0.3) is 0 Å². The average Bonchev–Trinajstić information content (AvgIpc) is 2.37. The van der Waals surface area contributed by atoms with Crippen LogP contribution in [0.15, 0.2) is 36.4 Å². The molecule has 2 aromatic carbocycles. The summed E-state index contributed by atoms with van der Waals surface area (Å²) < 4.78 is 44.3. The topological polar surface area (TPSA) is 26.3 Å². The lowest BCUT2D eigenvalue weighted by Crippen LogP contribution is -2.01. The lowest BCUT2D eigenvalue weighted by atomic mass is 10.1. The van der Waals surface area contributed by atoms with Crippen LogP contribution in [0.4, 0.5) is 13.2 Å². The Balaban J connectivity index is 2.16. The van der Waals surface area contributed by atoms with E-state index in [1.54, 1.807) is 18.2 Å². The van der Waals surface area contributed by atoms with E-state index in [9.17, 15) is 18.0 Å². The number of halogens is 3. The Kier molecular flexibility index (Phi) is 3.85. The highest BCUT2D eigenvalue weighted by molar-refractivity contribution is 5.74. The summed E-state index contributed by atoms with van der Waals surface area (Å²) in [7, 11) is 0. The first kappa shape index (κ1) is 13.1. The monoisotopic (exact) mass is 266 g/mol. The zero-order valence-corrected chi connectivity index (χ0v) is 9.70. The van der Waals surface area contributed by atoms with Gasteiger partial charge in [-0.05, 0) is 11.6 Å². The smallest absolute Gasteiger partial charge is 0.191 e. The molecule has 0 amide bonds. The van der Waals surface area contributed by atoms with Crippen LogP contribution in [0.3, 0.4) is 0 Å². The largest absolute Gasteiger partial charge is 0.483 e. The molecule has 0 aliphatic rings. The molecule has 2 nitrogen and oxygen atoms in total. The van der Waals surface area contributed by atoms with Crippen LogP contribution in [-0.4, -0.2) is 6.29 Å². The number of hydrogen-bond acceptors (Lipinski definition) is 2. The summed E-state index contributed by atoms with van der Waals surface area (Å²) in [6.45, 7) is -0.124. The predicted octanol–water partition coefficient (Wildman–Crippen LogP) is 3.50. The van der Waals surface area contributed by atoms with Crippen LogP contribution >= 0.6 is 0 Å². The molecule has 5 heteroatoms. The first-order valence-corrected chi connectivity index (χ1v) is 5.41. The van der Waals surface area contributed by atoms with E-state index in [-0.39, 0.29) is 6.61 Å². The Hall–Kier alpha value is -2.30. The SMILES string of the molecule is O=Cc1cccc(COc2c(F)cc(F)cc2F)c1. The average molecular weight is 266 g/mol. The molecular weight excluding hydrogens is 257 g/mol. The van der Waals surface area contributed by atoms with E-state index in [0.717, 1.165) is 0 Å². The maximum Gasteiger partial charge on any atom is 0.191 e. The predicted molar refractivity (Wildman–Crippen MR) is 62.5 cm³/mol. The minimum absolute atomic E-state index is 0.124. The van der Waals surface area contributed by atoms with Gasteiger partial charge in [-0.3, -0.25) is 4.79 Å². The molecule has 0 fully saturated rings. The number of benzene rings is 2. The van der Waals surface area contributed by atoms with Crippen molar-refractivity contribution in [3.63, 3.8) is 0 Å². The minimum atomic E-state index is -1.11. The summed E-state index contributed by atoms with van der Waals surface area (Å²) in [6, 6.07) is 7.48. The van der Waals surface area contributed by atoms with E-state index in [2.05, 4.69) is 0 Å². The molecule has 98 valence electrons. The second-order valence-corrected chi connectivity index (χ2v) is 3.85. The standard InChI is InChI=1S/C14H9F3O2/c15-11-5-12(16)14(13(17)6-11)19-8-10-3-1-2-9(4-10)7-18/h1-7H,8H2. The van der Waals surface area contributed by atoms with Gasteiger partial charge in [0.2, 0.25) is 0 Å². The maximum atomic E-state index is 13.3. The lowest BCUT2D eigenvalue weighted by molar-refractivity contribution is 0.112. The number of hydrogen-bond donors (Lipinski definition) is 0. The molecule has 0 aliphatic carbocycles. The number of aldehydes is 1. The quantitative estimate of drug-likeness (QED) is 0.792. The van der Waals surface area contributed by atoms with Crippen molar-refractivity contribution in [3.8, 4) is 5.75 Å². The molecule has 0 saturated heterocycles. The third-order valence-electron chi connectivity index (χ3n) is 2.43. The fraction of sp³-hybridized carbons (Fsp3) is 0.0714. The van der Waals surface area contributed by atoms with E-state index in [1.807, 2.05) is 0 Å². The lowest BCUT2D eigenvalue weighted by Gasteiger charge is -2.08. The van der Waals surface area contributed by atoms with Gasteiger partial charge >= 0.3 is 0 Å². The fourth-order valence-electron chi connectivity index (χ4n) is 1.58. The van der Waals surface area contributed by atoms with Crippen LogP contribution in [-0.2, 0) is 6.61 Å². The summed E-state index contributed by atoms with van der Waals surface area (Å²) in [4.78, 5) is 10.6. The maximum absolute atomic E-state index is 13.3. The van der Waals surface area contributed by atoms with Crippen molar-refractivity contribution in [2.45, 2.75) is 6.61 Å². The van der Waals surface area contributed by atoms with Gasteiger partial charge in [-0.1, -0.05) is 18.2 Å². The second-order valence-electron chi connectivity index (χ2n) is 3.85. The van der Waals surface area contributed by atoms with Crippen molar-refractivity contribution in [2.24, 2.45) is 0 Å². The summed E-state index contributed by atoms with van der Waals surface area (Å²) in [6.07, 6.45) is 0.655. The number of carbonyl (C=O) groups is 1. The number of rotatable bonds is 4. The Morgan fingerprint density at radius 2 is 1.74 bits per heavy atom. The molecule has 2 aromatic rings. The second kappa shape index (κ2) is 5.56. The molecule has 19 heavy (non-hydrogen) atoms. The Labute approximate surface area is 107 Å². The van der Waals surface area contributed by atoms with Crippen LogP contribution in [0.1, 0.15) is 15.9 Å². The van der Waals surface area contributed by atoms with Gasteiger partial charge < -0.3 is 4.74 Å². The zero-order valence-electron chi connectivity index (χ0n) is 9.70. The summed E-state index contributed by atoms with van der Waals surface area (Å²) >= 11 is 0. The van der Waals surface area contributed by atoms with Gasteiger partial charge in [0.1, 0.15) is 18.7 Å². The van der Waals surface area contributed by atoms with Crippen LogP contribution in [0.2, 0.25) is 0 Å². The molecule has 0 radical (unpaired) electrons. The molecule has 0 heterocycles. The van der Waals surface area contributed by atoms with Gasteiger partial charge in [0, 0.05) is 17.7 Å². The van der Waals surface area contributed by atoms with Gasteiger partial charge in [-0.15, -0.1) is 0 Å². The molecule has 0 aromatic heterocycles. The van der Waals surface area contributed by atoms with Gasteiger partial charge in [0.15, 0.2) is 17.4 Å². The first-order chi connectivity index (χ1) is 9.10. The van der Waals surface area contributed by atoms with E-state index in [0.29, 0.717) is 29.5 Å². The normalized spacial score (nSPS) is 10.3.